The first-order valence-corrected chi connectivity index (χ1v) is 8.19. The number of ether oxygens (including phenoxy) is 3. The standard InChI is InChI=1S/C19H19F2NO5/c1-3-25-16-11-13(9-10-15(16)27-19(20)21)18(24)26-12(2)17(23)22-14-7-5-4-6-8-14/h4-12,19H,3H2,1-2H3,(H,22,23)/t12-/m1/s1. The zero-order valence-electron chi connectivity index (χ0n) is 14.8. The first kappa shape index (κ1) is 20.2. The van der Waals surface area contributed by atoms with Crippen LogP contribution < -0.4 is 14.8 Å². The molecule has 0 aliphatic carbocycles. The second-order valence-electron chi connectivity index (χ2n) is 5.38. The van der Waals surface area contributed by atoms with Crippen LogP contribution in [0.15, 0.2) is 48.5 Å². The first-order chi connectivity index (χ1) is 12.9. The Bertz CT molecular complexity index is 783. The van der Waals surface area contributed by atoms with Crippen molar-refractivity contribution in [3.63, 3.8) is 0 Å². The molecule has 0 spiro atoms. The molecule has 2 aromatic rings. The lowest BCUT2D eigenvalue weighted by Gasteiger charge is -2.15. The number of anilines is 1. The molecule has 0 aromatic heterocycles. The third-order valence-electron chi connectivity index (χ3n) is 3.39. The molecule has 0 radical (unpaired) electrons. The zero-order valence-corrected chi connectivity index (χ0v) is 14.8. The number of para-hydroxylation sites is 1. The zero-order chi connectivity index (χ0) is 19.8. The molecular formula is C19H19F2NO5. The molecule has 0 saturated heterocycles. The fraction of sp³-hybridized carbons (Fsp3) is 0.263. The van der Waals surface area contributed by atoms with Gasteiger partial charge in [0, 0.05) is 5.69 Å². The lowest BCUT2D eigenvalue weighted by molar-refractivity contribution is -0.123. The van der Waals surface area contributed by atoms with Gasteiger partial charge in [0.15, 0.2) is 17.6 Å². The van der Waals surface area contributed by atoms with E-state index in [1.54, 1.807) is 37.3 Å². The second-order valence-corrected chi connectivity index (χ2v) is 5.38. The number of hydrogen-bond donors (Lipinski definition) is 1. The van der Waals surface area contributed by atoms with E-state index < -0.39 is 24.6 Å². The van der Waals surface area contributed by atoms with E-state index in [2.05, 4.69) is 10.1 Å². The highest BCUT2D eigenvalue weighted by atomic mass is 19.3. The highest BCUT2D eigenvalue weighted by Crippen LogP contribution is 2.30. The van der Waals surface area contributed by atoms with Gasteiger partial charge in [0.05, 0.1) is 12.2 Å². The number of benzene rings is 2. The quantitative estimate of drug-likeness (QED) is 0.705. The lowest BCUT2D eigenvalue weighted by atomic mass is 10.2. The van der Waals surface area contributed by atoms with E-state index >= 15 is 0 Å². The maximum atomic E-state index is 12.4. The molecule has 0 unspecified atom stereocenters. The largest absolute Gasteiger partial charge is 0.490 e. The molecule has 0 bridgehead atoms. The summed E-state index contributed by atoms with van der Waals surface area (Å²) in [7, 11) is 0. The third-order valence-corrected chi connectivity index (χ3v) is 3.39. The van der Waals surface area contributed by atoms with E-state index in [1.165, 1.54) is 25.1 Å². The molecule has 1 atom stereocenters. The summed E-state index contributed by atoms with van der Waals surface area (Å²) in [5.74, 6) is -1.51. The van der Waals surface area contributed by atoms with Gasteiger partial charge in [-0.25, -0.2) is 4.79 Å². The van der Waals surface area contributed by atoms with Gasteiger partial charge in [-0.2, -0.15) is 8.78 Å². The maximum absolute atomic E-state index is 12.4. The molecule has 0 heterocycles. The summed E-state index contributed by atoms with van der Waals surface area (Å²) >= 11 is 0. The Hall–Kier alpha value is -3.16. The predicted molar refractivity (Wildman–Crippen MR) is 94.2 cm³/mol. The van der Waals surface area contributed by atoms with Crippen LogP contribution in [0.25, 0.3) is 0 Å². The predicted octanol–water partition coefficient (Wildman–Crippen LogP) is 3.87. The van der Waals surface area contributed by atoms with Gasteiger partial charge in [0.2, 0.25) is 0 Å². The molecule has 2 aromatic carbocycles. The summed E-state index contributed by atoms with van der Waals surface area (Å²) in [6, 6.07) is 12.4. The smallest absolute Gasteiger partial charge is 0.387 e. The summed E-state index contributed by atoms with van der Waals surface area (Å²) in [4.78, 5) is 24.4. The fourth-order valence-electron chi connectivity index (χ4n) is 2.14. The van der Waals surface area contributed by atoms with E-state index in [1.807, 2.05) is 0 Å². The molecule has 8 heteroatoms. The monoisotopic (exact) mass is 379 g/mol. The minimum Gasteiger partial charge on any atom is -0.490 e. The Labute approximate surface area is 155 Å². The molecule has 6 nitrogen and oxygen atoms in total. The average molecular weight is 379 g/mol. The Kier molecular flexibility index (Phi) is 7.10. The molecule has 1 N–H and O–H groups in total. The number of amides is 1. The van der Waals surface area contributed by atoms with E-state index in [0.717, 1.165) is 0 Å². The average Bonchev–Trinajstić information content (AvgIpc) is 2.63. The molecule has 144 valence electrons. The van der Waals surface area contributed by atoms with Crippen LogP contribution in [0.2, 0.25) is 0 Å². The Morgan fingerprint density at radius 1 is 1.07 bits per heavy atom. The van der Waals surface area contributed by atoms with Crippen molar-refractivity contribution in [2.75, 3.05) is 11.9 Å². The van der Waals surface area contributed by atoms with Gasteiger partial charge in [-0.1, -0.05) is 18.2 Å². The van der Waals surface area contributed by atoms with E-state index in [-0.39, 0.29) is 23.7 Å². The molecule has 0 fully saturated rings. The number of nitrogens with one attached hydrogen (secondary N) is 1. The molecule has 2 rings (SSSR count). The van der Waals surface area contributed by atoms with Gasteiger partial charge in [-0.3, -0.25) is 4.79 Å². The van der Waals surface area contributed by atoms with Crippen LogP contribution in [0.5, 0.6) is 11.5 Å². The van der Waals surface area contributed by atoms with E-state index in [9.17, 15) is 18.4 Å². The van der Waals surface area contributed by atoms with Crippen molar-refractivity contribution in [1.29, 1.82) is 0 Å². The minimum atomic E-state index is -3.02. The van der Waals surface area contributed by atoms with Crippen molar-refractivity contribution in [1.82, 2.24) is 0 Å². The van der Waals surface area contributed by atoms with Crippen LogP contribution in [-0.2, 0) is 9.53 Å². The highest BCUT2D eigenvalue weighted by molar-refractivity contribution is 5.97. The number of carbonyl (C=O) groups is 2. The van der Waals surface area contributed by atoms with Crippen molar-refractivity contribution in [3.8, 4) is 11.5 Å². The van der Waals surface area contributed by atoms with Crippen molar-refractivity contribution in [2.24, 2.45) is 0 Å². The van der Waals surface area contributed by atoms with Crippen LogP contribution >= 0.6 is 0 Å². The van der Waals surface area contributed by atoms with Gasteiger partial charge >= 0.3 is 12.6 Å². The molecule has 0 aliphatic heterocycles. The topological polar surface area (TPSA) is 73.9 Å². The van der Waals surface area contributed by atoms with Gasteiger partial charge < -0.3 is 19.5 Å². The normalized spacial score (nSPS) is 11.6. The van der Waals surface area contributed by atoms with Crippen LogP contribution in [0, 0.1) is 0 Å². The van der Waals surface area contributed by atoms with E-state index in [4.69, 9.17) is 9.47 Å². The van der Waals surface area contributed by atoms with Crippen LogP contribution in [-0.4, -0.2) is 31.2 Å². The fourth-order valence-corrected chi connectivity index (χ4v) is 2.14. The third kappa shape index (κ3) is 5.95. The van der Waals surface area contributed by atoms with Crippen molar-refractivity contribution >= 4 is 17.6 Å². The van der Waals surface area contributed by atoms with Crippen molar-refractivity contribution in [3.05, 3.63) is 54.1 Å². The second kappa shape index (κ2) is 9.51. The van der Waals surface area contributed by atoms with Gasteiger partial charge in [-0.15, -0.1) is 0 Å². The number of rotatable bonds is 8. The van der Waals surface area contributed by atoms with Gasteiger partial charge in [-0.05, 0) is 44.2 Å². The van der Waals surface area contributed by atoms with Crippen molar-refractivity contribution < 1.29 is 32.6 Å². The lowest BCUT2D eigenvalue weighted by Crippen LogP contribution is -2.30. The maximum Gasteiger partial charge on any atom is 0.387 e. The van der Waals surface area contributed by atoms with E-state index in [0.29, 0.717) is 5.69 Å². The number of alkyl halides is 2. The molecule has 27 heavy (non-hydrogen) atoms. The minimum absolute atomic E-state index is 0.0198. The molecule has 1 amide bonds. The molecule has 0 saturated carbocycles. The van der Waals surface area contributed by atoms with Gasteiger partial charge in [0.1, 0.15) is 0 Å². The van der Waals surface area contributed by atoms with Crippen LogP contribution in [0.3, 0.4) is 0 Å². The molecular weight excluding hydrogens is 360 g/mol. The molecule has 0 aliphatic rings. The number of hydrogen-bond acceptors (Lipinski definition) is 5. The number of esters is 1. The Balaban J connectivity index is 2.05. The Morgan fingerprint density at radius 3 is 2.41 bits per heavy atom. The van der Waals surface area contributed by atoms with Crippen LogP contribution in [0.1, 0.15) is 24.2 Å². The van der Waals surface area contributed by atoms with Crippen molar-refractivity contribution in [2.45, 2.75) is 26.6 Å². The summed E-state index contributed by atoms with van der Waals surface area (Å²) < 4.78 is 39.5. The summed E-state index contributed by atoms with van der Waals surface area (Å²) in [5.41, 5.74) is 0.608. The number of halogens is 2. The van der Waals surface area contributed by atoms with Crippen LogP contribution in [0.4, 0.5) is 14.5 Å². The summed E-state index contributed by atoms with van der Waals surface area (Å²) in [6.07, 6.45) is -1.06. The SMILES string of the molecule is CCOc1cc(C(=O)O[C@H](C)C(=O)Nc2ccccc2)ccc1OC(F)F. The first-order valence-electron chi connectivity index (χ1n) is 8.19. The number of carbonyl (C=O) groups excluding carboxylic acids is 2. The summed E-state index contributed by atoms with van der Waals surface area (Å²) in [6.45, 7) is 0.249. The van der Waals surface area contributed by atoms with Gasteiger partial charge in [0.25, 0.3) is 5.91 Å². The Morgan fingerprint density at radius 2 is 1.78 bits per heavy atom. The highest BCUT2D eigenvalue weighted by Gasteiger charge is 2.21. The summed E-state index contributed by atoms with van der Waals surface area (Å²) in [5, 5.41) is 2.62.